The lowest BCUT2D eigenvalue weighted by Crippen LogP contribution is -1.84. The zero-order valence-electron chi connectivity index (χ0n) is 8.11. The largest absolute Gasteiger partial charge is 0.241 e. The third-order valence-corrected chi connectivity index (χ3v) is 3.26. The fourth-order valence-corrected chi connectivity index (χ4v) is 2.08. The van der Waals surface area contributed by atoms with Crippen LogP contribution in [0, 0.1) is 0 Å². The summed E-state index contributed by atoms with van der Waals surface area (Å²) in [6, 6.07) is 12.1. The second-order valence-electron chi connectivity index (χ2n) is 3.15. The quantitative estimate of drug-likeness (QED) is 0.744. The van der Waals surface area contributed by atoms with Crippen molar-refractivity contribution in [2.24, 2.45) is 0 Å². The minimum Gasteiger partial charge on any atom is -0.241 e. The molecule has 0 atom stereocenters. The van der Waals surface area contributed by atoms with E-state index in [0.717, 1.165) is 15.9 Å². The van der Waals surface area contributed by atoms with Crippen LogP contribution in [-0.2, 0) is 0 Å². The third kappa shape index (κ3) is 2.74. The molecular formula is C12H10ClNS. The first-order chi connectivity index (χ1) is 7.25. The number of aromatic nitrogens is 1. The topological polar surface area (TPSA) is 12.9 Å². The summed E-state index contributed by atoms with van der Waals surface area (Å²) in [6.45, 7) is 3.65. The van der Waals surface area contributed by atoms with Crippen molar-refractivity contribution >= 4 is 34.3 Å². The summed E-state index contributed by atoms with van der Waals surface area (Å²) in [7, 11) is 0. The third-order valence-electron chi connectivity index (χ3n) is 1.95. The van der Waals surface area contributed by atoms with Crippen molar-refractivity contribution in [1.82, 2.24) is 4.98 Å². The summed E-state index contributed by atoms with van der Waals surface area (Å²) in [5, 5.41) is 2.79. The summed E-state index contributed by atoms with van der Waals surface area (Å²) in [5.74, 6) is 0.701. The SMILES string of the molecule is C=C(Cl)CSc1ccc2ccccc2n1. The van der Waals surface area contributed by atoms with E-state index >= 15 is 0 Å². The Morgan fingerprint density at radius 3 is 2.87 bits per heavy atom. The molecule has 0 bridgehead atoms. The van der Waals surface area contributed by atoms with Crippen LogP contribution in [0.1, 0.15) is 0 Å². The van der Waals surface area contributed by atoms with Crippen LogP contribution < -0.4 is 0 Å². The molecule has 0 aliphatic carbocycles. The molecule has 1 aromatic heterocycles. The van der Waals surface area contributed by atoms with Crippen LogP contribution >= 0.6 is 23.4 Å². The van der Waals surface area contributed by atoms with Gasteiger partial charge in [0.1, 0.15) is 0 Å². The van der Waals surface area contributed by atoms with Crippen molar-refractivity contribution in [3.63, 3.8) is 0 Å². The highest BCUT2D eigenvalue weighted by molar-refractivity contribution is 7.99. The first-order valence-electron chi connectivity index (χ1n) is 4.57. The lowest BCUT2D eigenvalue weighted by molar-refractivity contribution is 1.19. The van der Waals surface area contributed by atoms with E-state index in [9.17, 15) is 0 Å². The minimum absolute atomic E-state index is 0.648. The zero-order chi connectivity index (χ0) is 10.7. The van der Waals surface area contributed by atoms with E-state index in [2.05, 4.69) is 23.7 Å². The van der Waals surface area contributed by atoms with Gasteiger partial charge in [-0.1, -0.05) is 42.4 Å². The summed E-state index contributed by atoms with van der Waals surface area (Å²) < 4.78 is 0. The maximum absolute atomic E-state index is 5.70. The van der Waals surface area contributed by atoms with Crippen molar-refractivity contribution < 1.29 is 0 Å². The Morgan fingerprint density at radius 2 is 2.07 bits per heavy atom. The molecule has 15 heavy (non-hydrogen) atoms. The molecule has 2 rings (SSSR count). The van der Waals surface area contributed by atoms with Gasteiger partial charge < -0.3 is 0 Å². The van der Waals surface area contributed by atoms with Gasteiger partial charge >= 0.3 is 0 Å². The predicted molar refractivity (Wildman–Crippen MR) is 67.5 cm³/mol. The lowest BCUT2D eigenvalue weighted by Gasteiger charge is -2.01. The molecule has 3 heteroatoms. The van der Waals surface area contributed by atoms with Crippen molar-refractivity contribution in [2.75, 3.05) is 5.75 Å². The summed E-state index contributed by atoms with van der Waals surface area (Å²) in [6.07, 6.45) is 0. The van der Waals surface area contributed by atoms with Gasteiger partial charge in [-0.25, -0.2) is 4.98 Å². The molecule has 2 aromatic rings. The van der Waals surface area contributed by atoms with Crippen molar-refractivity contribution in [2.45, 2.75) is 5.03 Å². The monoisotopic (exact) mass is 235 g/mol. The molecule has 1 heterocycles. The molecular weight excluding hydrogens is 226 g/mol. The van der Waals surface area contributed by atoms with E-state index in [0.29, 0.717) is 10.8 Å². The Kier molecular flexibility index (Phi) is 3.29. The Labute approximate surface area is 98.2 Å². The van der Waals surface area contributed by atoms with E-state index < -0.39 is 0 Å². The van der Waals surface area contributed by atoms with Gasteiger partial charge in [0.05, 0.1) is 10.5 Å². The second-order valence-corrected chi connectivity index (χ2v) is 4.68. The fourth-order valence-electron chi connectivity index (χ4n) is 1.28. The van der Waals surface area contributed by atoms with Crippen LogP contribution in [0.4, 0.5) is 0 Å². The predicted octanol–water partition coefficient (Wildman–Crippen LogP) is 4.08. The number of hydrogen-bond donors (Lipinski definition) is 0. The molecule has 0 radical (unpaired) electrons. The zero-order valence-corrected chi connectivity index (χ0v) is 9.68. The van der Waals surface area contributed by atoms with Gasteiger partial charge in [0, 0.05) is 16.2 Å². The lowest BCUT2D eigenvalue weighted by atomic mass is 10.2. The highest BCUT2D eigenvalue weighted by Gasteiger charge is 1.98. The maximum Gasteiger partial charge on any atom is 0.0971 e. The van der Waals surface area contributed by atoms with Gasteiger partial charge in [-0.2, -0.15) is 0 Å². The van der Waals surface area contributed by atoms with Gasteiger partial charge in [0.25, 0.3) is 0 Å². The number of fused-ring (bicyclic) bond motifs is 1. The molecule has 0 spiro atoms. The van der Waals surface area contributed by atoms with Crippen molar-refractivity contribution in [1.29, 1.82) is 0 Å². The van der Waals surface area contributed by atoms with E-state index in [4.69, 9.17) is 11.6 Å². The van der Waals surface area contributed by atoms with Crippen LogP contribution in [0.3, 0.4) is 0 Å². The number of pyridine rings is 1. The molecule has 0 unspecified atom stereocenters. The Morgan fingerprint density at radius 1 is 1.27 bits per heavy atom. The fraction of sp³-hybridized carbons (Fsp3) is 0.0833. The van der Waals surface area contributed by atoms with Crippen LogP contribution in [0.5, 0.6) is 0 Å². The molecule has 0 aliphatic rings. The van der Waals surface area contributed by atoms with Gasteiger partial charge in [-0.15, -0.1) is 11.8 Å². The van der Waals surface area contributed by atoms with Crippen LogP contribution in [0.15, 0.2) is 53.0 Å². The number of benzene rings is 1. The first kappa shape index (κ1) is 10.5. The number of hydrogen-bond acceptors (Lipinski definition) is 2. The highest BCUT2D eigenvalue weighted by atomic mass is 35.5. The molecule has 1 aromatic carbocycles. The van der Waals surface area contributed by atoms with Gasteiger partial charge in [-0.3, -0.25) is 0 Å². The van der Waals surface area contributed by atoms with Gasteiger partial charge in [0.2, 0.25) is 0 Å². The summed E-state index contributed by atoms with van der Waals surface area (Å²) >= 11 is 7.30. The number of nitrogens with zero attached hydrogens (tertiary/aromatic N) is 1. The Bertz CT molecular complexity index is 496. The summed E-state index contributed by atoms with van der Waals surface area (Å²) in [5.41, 5.74) is 1.02. The van der Waals surface area contributed by atoms with E-state index in [-0.39, 0.29) is 0 Å². The molecule has 0 saturated heterocycles. The number of thioether (sulfide) groups is 1. The van der Waals surface area contributed by atoms with E-state index in [1.807, 2.05) is 24.3 Å². The molecule has 0 N–H and O–H groups in total. The van der Waals surface area contributed by atoms with E-state index in [1.165, 1.54) is 0 Å². The average molecular weight is 236 g/mol. The summed E-state index contributed by atoms with van der Waals surface area (Å²) in [4.78, 5) is 4.51. The molecule has 0 aliphatic heterocycles. The van der Waals surface area contributed by atoms with Crippen molar-refractivity contribution in [3.8, 4) is 0 Å². The number of rotatable bonds is 3. The van der Waals surface area contributed by atoms with Crippen molar-refractivity contribution in [3.05, 3.63) is 48.0 Å². The molecule has 1 nitrogen and oxygen atoms in total. The Hall–Kier alpha value is -0.990. The van der Waals surface area contributed by atoms with Crippen LogP contribution in [0.25, 0.3) is 10.9 Å². The first-order valence-corrected chi connectivity index (χ1v) is 5.94. The molecule has 0 saturated carbocycles. The Balaban J connectivity index is 2.26. The van der Waals surface area contributed by atoms with Gasteiger partial charge in [0.15, 0.2) is 0 Å². The average Bonchev–Trinajstić information content (AvgIpc) is 2.26. The number of para-hydroxylation sites is 1. The van der Waals surface area contributed by atoms with Crippen LogP contribution in [-0.4, -0.2) is 10.7 Å². The maximum atomic E-state index is 5.70. The molecule has 76 valence electrons. The molecule has 0 fully saturated rings. The number of halogens is 1. The standard InChI is InChI=1S/C12H10ClNS/c1-9(13)8-15-12-7-6-10-4-2-3-5-11(10)14-12/h2-7H,1,8H2. The van der Waals surface area contributed by atoms with Crippen LogP contribution in [0.2, 0.25) is 0 Å². The highest BCUT2D eigenvalue weighted by Crippen LogP contribution is 2.22. The van der Waals surface area contributed by atoms with Gasteiger partial charge in [-0.05, 0) is 12.1 Å². The second kappa shape index (κ2) is 4.69. The minimum atomic E-state index is 0.648. The van der Waals surface area contributed by atoms with E-state index in [1.54, 1.807) is 11.8 Å². The normalized spacial score (nSPS) is 10.5. The smallest absolute Gasteiger partial charge is 0.0971 e. The molecule has 0 amide bonds.